The number of hydrogen-bond acceptors (Lipinski definition) is 4. The fraction of sp³-hybridized carbons (Fsp3) is 0.364. The molecule has 1 aromatic rings. The van der Waals surface area contributed by atoms with E-state index in [9.17, 15) is 9.00 Å². The Hall–Kier alpha value is -1.56. The number of nitrogens with one attached hydrogen (secondary N) is 1. The van der Waals surface area contributed by atoms with E-state index in [-0.39, 0.29) is 11.6 Å². The molecule has 0 aliphatic carbocycles. The number of rotatable bonds is 5. The van der Waals surface area contributed by atoms with Crippen LogP contribution in [0.3, 0.4) is 0 Å². The highest BCUT2D eigenvalue weighted by Crippen LogP contribution is 2.21. The van der Waals surface area contributed by atoms with Gasteiger partial charge >= 0.3 is 5.97 Å². The lowest BCUT2D eigenvalue weighted by molar-refractivity contribution is 0.0697. The van der Waals surface area contributed by atoms with Crippen LogP contribution in [0.25, 0.3) is 0 Å². The van der Waals surface area contributed by atoms with E-state index in [1.807, 2.05) is 6.92 Å². The number of hydrogen-bond donors (Lipinski definition) is 3. The van der Waals surface area contributed by atoms with Gasteiger partial charge in [0, 0.05) is 28.9 Å². The zero-order chi connectivity index (χ0) is 13.0. The van der Waals surface area contributed by atoms with Crippen LogP contribution in [-0.2, 0) is 10.8 Å². The number of benzene rings is 1. The molecule has 5 nitrogen and oxygen atoms in total. The van der Waals surface area contributed by atoms with Gasteiger partial charge in [-0.3, -0.25) is 4.21 Å². The van der Waals surface area contributed by atoms with Crippen LogP contribution in [0, 0.1) is 0 Å². The molecule has 0 amide bonds. The molecule has 4 N–H and O–H groups in total. The minimum absolute atomic E-state index is 0.0350. The summed E-state index contributed by atoms with van der Waals surface area (Å²) in [4.78, 5) is 10.8. The molecule has 17 heavy (non-hydrogen) atoms. The summed E-state index contributed by atoms with van der Waals surface area (Å²) in [6, 6.07) is 4.44. The van der Waals surface area contributed by atoms with Crippen LogP contribution in [0.2, 0.25) is 0 Å². The van der Waals surface area contributed by atoms with E-state index >= 15 is 0 Å². The molecule has 0 radical (unpaired) electrons. The monoisotopic (exact) mass is 256 g/mol. The Morgan fingerprint density at radius 3 is 2.76 bits per heavy atom. The second-order valence-corrected chi connectivity index (χ2v) is 5.37. The van der Waals surface area contributed by atoms with Crippen LogP contribution in [-0.4, -0.2) is 33.3 Å². The number of carbonyl (C=O) groups is 1. The van der Waals surface area contributed by atoms with Crippen LogP contribution in [0.5, 0.6) is 0 Å². The summed E-state index contributed by atoms with van der Waals surface area (Å²) in [5.74, 6) is -0.517. The number of nitrogen functional groups attached to an aromatic ring is 1. The lowest BCUT2D eigenvalue weighted by atomic mass is 10.1. The Labute approximate surface area is 102 Å². The van der Waals surface area contributed by atoms with Gasteiger partial charge in [-0.25, -0.2) is 4.79 Å². The Bertz CT molecular complexity index is 448. The first kappa shape index (κ1) is 13.5. The lowest BCUT2D eigenvalue weighted by Crippen LogP contribution is -2.23. The molecule has 2 unspecified atom stereocenters. The molecule has 0 spiro atoms. The Kier molecular flexibility index (Phi) is 4.51. The Morgan fingerprint density at radius 2 is 2.24 bits per heavy atom. The summed E-state index contributed by atoms with van der Waals surface area (Å²) < 4.78 is 11.1. The second-order valence-electron chi connectivity index (χ2n) is 3.89. The standard InChI is InChI=1S/C11H16N2O3S/c1-7(6-17(2)16)13-10-5-8(11(14)15)3-4-9(10)12/h3-5,7,13H,6,12H2,1-2H3,(H,14,15). The summed E-state index contributed by atoms with van der Waals surface area (Å²) in [5, 5.41) is 11.9. The van der Waals surface area contributed by atoms with Gasteiger partial charge in [-0.15, -0.1) is 0 Å². The minimum Gasteiger partial charge on any atom is -0.478 e. The van der Waals surface area contributed by atoms with Crippen molar-refractivity contribution in [3.05, 3.63) is 23.8 Å². The third-order valence-electron chi connectivity index (χ3n) is 2.19. The maximum Gasteiger partial charge on any atom is 0.335 e. The topological polar surface area (TPSA) is 92.4 Å². The second kappa shape index (κ2) is 5.67. The first-order valence-electron chi connectivity index (χ1n) is 5.09. The molecule has 0 fully saturated rings. The SMILES string of the molecule is CC(CS(C)=O)Nc1cc(C(=O)O)ccc1N. The van der Waals surface area contributed by atoms with Gasteiger partial charge in [-0.05, 0) is 25.1 Å². The summed E-state index contributed by atoms with van der Waals surface area (Å²) >= 11 is 0. The number of carboxylic acid groups (broad SMARTS) is 1. The van der Waals surface area contributed by atoms with Gasteiger partial charge in [0.2, 0.25) is 0 Å². The number of carboxylic acids is 1. The molecule has 0 aliphatic heterocycles. The largest absolute Gasteiger partial charge is 0.478 e. The molecule has 1 rings (SSSR count). The van der Waals surface area contributed by atoms with Crippen LogP contribution in [0.15, 0.2) is 18.2 Å². The van der Waals surface area contributed by atoms with E-state index in [4.69, 9.17) is 10.8 Å². The molecule has 0 bridgehead atoms. The summed E-state index contributed by atoms with van der Waals surface area (Å²) in [6.45, 7) is 1.87. The molecule has 0 aromatic heterocycles. The highest BCUT2D eigenvalue weighted by molar-refractivity contribution is 7.84. The van der Waals surface area contributed by atoms with Crippen LogP contribution in [0.4, 0.5) is 11.4 Å². The predicted molar refractivity (Wildman–Crippen MR) is 69.8 cm³/mol. The van der Waals surface area contributed by atoms with Crippen molar-refractivity contribution in [2.45, 2.75) is 13.0 Å². The molecule has 0 heterocycles. The highest BCUT2D eigenvalue weighted by Gasteiger charge is 2.10. The van der Waals surface area contributed by atoms with Crippen molar-refractivity contribution in [1.29, 1.82) is 0 Å². The molecule has 0 saturated heterocycles. The zero-order valence-electron chi connectivity index (χ0n) is 9.77. The van der Waals surface area contributed by atoms with Gasteiger partial charge in [0.1, 0.15) is 0 Å². The van der Waals surface area contributed by atoms with E-state index in [0.29, 0.717) is 17.1 Å². The summed E-state index contributed by atoms with van der Waals surface area (Å²) in [5.41, 5.74) is 6.94. The molecular formula is C11H16N2O3S. The Balaban J connectivity index is 2.86. The highest BCUT2D eigenvalue weighted by atomic mass is 32.2. The molecule has 2 atom stereocenters. The third kappa shape index (κ3) is 4.07. The maximum absolute atomic E-state index is 11.1. The third-order valence-corrected chi connectivity index (χ3v) is 3.16. The van der Waals surface area contributed by atoms with Crippen LogP contribution in [0.1, 0.15) is 17.3 Å². The molecule has 94 valence electrons. The molecular weight excluding hydrogens is 240 g/mol. The van der Waals surface area contributed by atoms with Crippen molar-refractivity contribution < 1.29 is 14.1 Å². The minimum atomic E-state index is -1.00. The van der Waals surface area contributed by atoms with Gasteiger partial charge in [-0.1, -0.05) is 0 Å². The molecule has 0 aliphatic rings. The van der Waals surface area contributed by atoms with Crippen molar-refractivity contribution in [2.24, 2.45) is 0 Å². The number of aromatic carboxylic acids is 1. The van der Waals surface area contributed by atoms with Crippen molar-refractivity contribution in [1.82, 2.24) is 0 Å². The van der Waals surface area contributed by atoms with E-state index in [1.54, 1.807) is 12.3 Å². The molecule has 6 heteroatoms. The van der Waals surface area contributed by atoms with E-state index in [1.165, 1.54) is 12.1 Å². The van der Waals surface area contributed by atoms with Gasteiger partial charge < -0.3 is 16.2 Å². The maximum atomic E-state index is 11.1. The average molecular weight is 256 g/mol. The van der Waals surface area contributed by atoms with Crippen molar-refractivity contribution in [3.8, 4) is 0 Å². The van der Waals surface area contributed by atoms with Gasteiger partial charge in [0.25, 0.3) is 0 Å². The predicted octanol–water partition coefficient (Wildman–Crippen LogP) is 1.15. The summed E-state index contributed by atoms with van der Waals surface area (Å²) in [6.07, 6.45) is 1.62. The number of anilines is 2. The fourth-order valence-corrected chi connectivity index (χ4v) is 2.26. The molecule has 1 aromatic carbocycles. The normalized spacial score (nSPS) is 14.0. The first-order chi connectivity index (χ1) is 7.90. The van der Waals surface area contributed by atoms with Gasteiger partial charge in [-0.2, -0.15) is 0 Å². The molecule has 0 saturated carbocycles. The smallest absolute Gasteiger partial charge is 0.335 e. The quantitative estimate of drug-likeness (QED) is 0.687. The van der Waals surface area contributed by atoms with Crippen molar-refractivity contribution >= 4 is 28.1 Å². The Morgan fingerprint density at radius 1 is 1.59 bits per heavy atom. The van der Waals surface area contributed by atoms with Crippen LogP contribution < -0.4 is 11.1 Å². The first-order valence-corrected chi connectivity index (χ1v) is 6.82. The fourth-order valence-electron chi connectivity index (χ4n) is 1.47. The van der Waals surface area contributed by atoms with Crippen molar-refractivity contribution in [2.75, 3.05) is 23.1 Å². The van der Waals surface area contributed by atoms with E-state index in [0.717, 1.165) is 0 Å². The van der Waals surface area contributed by atoms with Gasteiger partial charge in [0.15, 0.2) is 0 Å². The zero-order valence-corrected chi connectivity index (χ0v) is 10.6. The van der Waals surface area contributed by atoms with E-state index < -0.39 is 16.8 Å². The van der Waals surface area contributed by atoms with Crippen molar-refractivity contribution in [3.63, 3.8) is 0 Å². The summed E-state index contributed by atoms with van der Waals surface area (Å²) in [7, 11) is -0.910. The van der Waals surface area contributed by atoms with E-state index in [2.05, 4.69) is 5.32 Å². The average Bonchev–Trinajstić information content (AvgIpc) is 2.19. The lowest BCUT2D eigenvalue weighted by Gasteiger charge is -2.16. The van der Waals surface area contributed by atoms with Crippen LogP contribution >= 0.6 is 0 Å². The van der Waals surface area contributed by atoms with Gasteiger partial charge in [0.05, 0.1) is 16.9 Å². The number of nitrogens with two attached hydrogens (primary N) is 1.